The lowest BCUT2D eigenvalue weighted by molar-refractivity contribution is 0.101. The van der Waals surface area contributed by atoms with Gasteiger partial charge >= 0.3 is 0 Å². The first-order valence-corrected chi connectivity index (χ1v) is 11.4. The van der Waals surface area contributed by atoms with Crippen molar-refractivity contribution in [3.8, 4) is 17.1 Å². The molecule has 1 amide bonds. The molecule has 0 spiro atoms. The zero-order valence-corrected chi connectivity index (χ0v) is 19.8. The molecule has 0 aliphatic carbocycles. The van der Waals surface area contributed by atoms with Gasteiger partial charge in [-0.3, -0.25) is 4.79 Å². The summed E-state index contributed by atoms with van der Waals surface area (Å²) in [5.74, 6) is 0.370. The molecular weight excluding hydrogens is 476 g/mol. The summed E-state index contributed by atoms with van der Waals surface area (Å²) < 4.78 is 2.72. The fourth-order valence-electron chi connectivity index (χ4n) is 3.82. The number of rotatable bonds is 4. The van der Waals surface area contributed by atoms with Crippen molar-refractivity contribution in [2.45, 2.75) is 13.8 Å². The number of benzene rings is 4. The quantitative estimate of drug-likeness (QED) is 0.300. The maximum Gasteiger partial charge on any atom is 0.295 e. The van der Waals surface area contributed by atoms with Crippen LogP contribution in [-0.2, 0) is 0 Å². The first kappa shape index (κ1) is 21.1. The Bertz CT molecular complexity index is 1480. The zero-order valence-electron chi connectivity index (χ0n) is 18.2. The minimum Gasteiger partial charge on any atom is -0.319 e. The lowest BCUT2D eigenvalue weighted by Crippen LogP contribution is -2.14. The van der Waals surface area contributed by atoms with E-state index in [1.54, 1.807) is 4.68 Å². The summed E-state index contributed by atoms with van der Waals surface area (Å²) in [6, 6.07) is 27.8. The molecule has 162 valence electrons. The topological polar surface area (TPSA) is 59.8 Å². The van der Waals surface area contributed by atoms with E-state index in [-0.39, 0.29) is 11.7 Å². The number of amides is 1. The highest BCUT2D eigenvalue weighted by Crippen LogP contribution is 2.27. The molecule has 6 heteroatoms. The van der Waals surface area contributed by atoms with Gasteiger partial charge in [0.25, 0.3) is 5.91 Å². The summed E-state index contributed by atoms with van der Waals surface area (Å²) in [5.41, 5.74) is 4.64. The van der Waals surface area contributed by atoms with Gasteiger partial charge in [0.15, 0.2) is 5.82 Å². The van der Waals surface area contributed by atoms with Crippen molar-refractivity contribution in [1.82, 2.24) is 14.8 Å². The van der Waals surface area contributed by atoms with E-state index < -0.39 is 0 Å². The summed E-state index contributed by atoms with van der Waals surface area (Å²) in [5, 5.41) is 9.66. The van der Waals surface area contributed by atoms with Gasteiger partial charge in [0.1, 0.15) is 0 Å². The van der Waals surface area contributed by atoms with Gasteiger partial charge in [0.2, 0.25) is 5.82 Å². The minimum atomic E-state index is -0.353. The number of nitrogens with one attached hydrogen (secondary N) is 1. The predicted octanol–water partition coefficient (Wildman–Crippen LogP) is 6.72. The third-order valence-electron chi connectivity index (χ3n) is 5.54. The Kier molecular flexibility index (Phi) is 5.52. The molecule has 5 rings (SSSR count). The third kappa shape index (κ3) is 4.17. The summed E-state index contributed by atoms with van der Waals surface area (Å²) in [6.07, 6.45) is 0. The van der Waals surface area contributed by atoms with E-state index >= 15 is 0 Å². The number of fused-ring (bicyclic) bond motifs is 1. The molecule has 5 aromatic rings. The molecule has 1 aromatic heterocycles. The average molecular weight is 497 g/mol. The Morgan fingerprint density at radius 2 is 1.67 bits per heavy atom. The Morgan fingerprint density at radius 3 is 2.48 bits per heavy atom. The third-order valence-corrected chi connectivity index (χ3v) is 6.07. The molecule has 0 bridgehead atoms. The highest BCUT2D eigenvalue weighted by molar-refractivity contribution is 9.10. The van der Waals surface area contributed by atoms with Crippen molar-refractivity contribution < 1.29 is 4.79 Å². The van der Waals surface area contributed by atoms with Crippen molar-refractivity contribution in [1.29, 1.82) is 0 Å². The second kappa shape index (κ2) is 8.64. The lowest BCUT2D eigenvalue weighted by Gasteiger charge is -2.10. The number of carbonyl (C=O) groups excluding carboxylic acids is 1. The molecular formula is C27H21BrN4O. The van der Waals surface area contributed by atoms with Crippen molar-refractivity contribution >= 4 is 38.3 Å². The number of carbonyl (C=O) groups is 1. The summed E-state index contributed by atoms with van der Waals surface area (Å²) in [6.45, 7) is 4.06. The van der Waals surface area contributed by atoms with Crippen LogP contribution >= 0.6 is 15.9 Å². The predicted molar refractivity (Wildman–Crippen MR) is 136 cm³/mol. The molecule has 0 atom stereocenters. The number of anilines is 1. The van der Waals surface area contributed by atoms with E-state index in [1.807, 2.05) is 86.6 Å². The van der Waals surface area contributed by atoms with Gasteiger partial charge in [0.05, 0.1) is 5.69 Å². The van der Waals surface area contributed by atoms with E-state index in [0.717, 1.165) is 43.3 Å². The molecule has 0 saturated heterocycles. The zero-order chi connectivity index (χ0) is 22.9. The van der Waals surface area contributed by atoms with E-state index in [0.29, 0.717) is 5.82 Å². The van der Waals surface area contributed by atoms with Crippen molar-refractivity contribution in [3.05, 3.63) is 106 Å². The molecule has 1 N–H and O–H groups in total. The van der Waals surface area contributed by atoms with E-state index in [2.05, 4.69) is 43.5 Å². The van der Waals surface area contributed by atoms with Gasteiger partial charge in [-0.15, -0.1) is 5.10 Å². The smallest absolute Gasteiger partial charge is 0.295 e. The van der Waals surface area contributed by atoms with Crippen molar-refractivity contribution in [3.63, 3.8) is 0 Å². The summed E-state index contributed by atoms with van der Waals surface area (Å²) in [7, 11) is 0. The van der Waals surface area contributed by atoms with Crippen molar-refractivity contribution in [2.75, 3.05) is 5.32 Å². The first-order chi connectivity index (χ1) is 16.0. The molecule has 1 heterocycles. The second-order valence-electron chi connectivity index (χ2n) is 7.95. The highest BCUT2D eigenvalue weighted by Gasteiger charge is 2.20. The highest BCUT2D eigenvalue weighted by atomic mass is 79.9. The van der Waals surface area contributed by atoms with Crippen LogP contribution in [0.1, 0.15) is 21.7 Å². The molecule has 5 nitrogen and oxygen atoms in total. The number of aryl methyl sites for hydroxylation is 2. The molecule has 0 aliphatic heterocycles. The van der Waals surface area contributed by atoms with Crippen LogP contribution in [0.4, 0.5) is 5.69 Å². The minimum absolute atomic E-state index is 0.113. The second-order valence-corrected chi connectivity index (χ2v) is 8.86. The Morgan fingerprint density at radius 1 is 0.909 bits per heavy atom. The van der Waals surface area contributed by atoms with Gasteiger partial charge in [-0.1, -0.05) is 76.6 Å². The largest absolute Gasteiger partial charge is 0.319 e. The van der Waals surface area contributed by atoms with Gasteiger partial charge < -0.3 is 5.32 Å². The molecule has 0 radical (unpaired) electrons. The summed E-state index contributed by atoms with van der Waals surface area (Å²) >= 11 is 3.48. The molecule has 33 heavy (non-hydrogen) atoms. The monoisotopic (exact) mass is 496 g/mol. The van der Waals surface area contributed by atoms with Crippen LogP contribution in [-0.4, -0.2) is 20.7 Å². The Balaban J connectivity index is 1.60. The molecule has 0 fully saturated rings. The van der Waals surface area contributed by atoms with E-state index in [9.17, 15) is 4.79 Å². The standard InChI is InChI=1S/C27H21BrN4O/c1-17-10-11-18(2)24(16-17)32-26(20-12-14-21(28)15-13-20)30-25(31-32)27(33)29-23-9-5-7-19-6-3-4-8-22(19)23/h3-16H,1-2H3,(H,29,33). The number of nitrogens with zero attached hydrogens (tertiary/aromatic N) is 3. The van der Waals surface area contributed by atoms with Crippen molar-refractivity contribution in [2.24, 2.45) is 0 Å². The fourth-order valence-corrected chi connectivity index (χ4v) is 4.09. The number of aromatic nitrogens is 3. The maximum atomic E-state index is 13.2. The Hall–Kier alpha value is -3.77. The SMILES string of the molecule is Cc1ccc(C)c(-n2nc(C(=O)Nc3cccc4ccccc34)nc2-c2ccc(Br)cc2)c1. The van der Waals surface area contributed by atoms with E-state index in [4.69, 9.17) is 0 Å². The van der Waals surface area contributed by atoms with Gasteiger partial charge in [-0.25, -0.2) is 9.67 Å². The number of hydrogen-bond donors (Lipinski definition) is 1. The molecule has 0 saturated carbocycles. The van der Waals surface area contributed by atoms with E-state index in [1.165, 1.54) is 0 Å². The number of halogens is 1. The normalized spacial score (nSPS) is 11.0. The summed E-state index contributed by atoms with van der Waals surface area (Å²) in [4.78, 5) is 17.9. The van der Waals surface area contributed by atoms with Crippen LogP contribution in [0.25, 0.3) is 27.8 Å². The first-order valence-electron chi connectivity index (χ1n) is 10.6. The van der Waals surface area contributed by atoms with Crippen LogP contribution in [0.3, 0.4) is 0 Å². The van der Waals surface area contributed by atoms with Gasteiger partial charge in [-0.05, 0) is 54.6 Å². The van der Waals surface area contributed by atoms with Gasteiger partial charge in [0, 0.05) is 21.1 Å². The lowest BCUT2D eigenvalue weighted by atomic mass is 10.1. The molecule has 4 aromatic carbocycles. The number of hydrogen-bond acceptors (Lipinski definition) is 3. The maximum absolute atomic E-state index is 13.2. The fraction of sp³-hybridized carbons (Fsp3) is 0.0741. The molecule has 0 aliphatic rings. The van der Waals surface area contributed by atoms with Crippen LogP contribution in [0, 0.1) is 13.8 Å². The Labute approximate surface area is 200 Å². The van der Waals surface area contributed by atoms with Crippen LogP contribution in [0.5, 0.6) is 0 Å². The van der Waals surface area contributed by atoms with Gasteiger partial charge in [-0.2, -0.15) is 0 Å². The molecule has 0 unspecified atom stereocenters. The van der Waals surface area contributed by atoms with Crippen LogP contribution in [0.15, 0.2) is 89.4 Å². The van der Waals surface area contributed by atoms with Crippen LogP contribution in [0.2, 0.25) is 0 Å². The average Bonchev–Trinajstić information content (AvgIpc) is 3.27. The van der Waals surface area contributed by atoms with Crippen LogP contribution < -0.4 is 5.32 Å².